The molecule has 3 rings (SSSR count). The standard InChI is InChI=1S/C22H37N/c1-2-3-17-4-8-19(9-5-17)21-12-14-22(15-13-21)20-10-6-18(16-23)7-11-20/h17-22H,2-15H2,1H3/t17-,18-,19-,20+,21-,22-. The summed E-state index contributed by atoms with van der Waals surface area (Å²) in [5.74, 6) is 5.52. The third-order valence-corrected chi connectivity index (χ3v) is 7.69. The fourth-order valence-electron chi connectivity index (χ4n) is 6.16. The average Bonchev–Trinajstić information content (AvgIpc) is 2.63. The van der Waals surface area contributed by atoms with Crippen LogP contribution in [-0.2, 0) is 0 Å². The molecule has 0 saturated heterocycles. The van der Waals surface area contributed by atoms with Crippen LogP contribution in [0.2, 0.25) is 0 Å². The van der Waals surface area contributed by atoms with E-state index >= 15 is 0 Å². The highest BCUT2D eigenvalue weighted by Crippen LogP contribution is 2.46. The number of rotatable bonds is 4. The molecule has 3 fully saturated rings. The van der Waals surface area contributed by atoms with Gasteiger partial charge in [-0.1, -0.05) is 32.6 Å². The molecule has 3 saturated carbocycles. The molecule has 0 N–H and O–H groups in total. The molecule has 0 aliphatic heterocycles. The van der Waals surface area contributed by atoms with Crippen LogP contribution in [0.5, 0.6) is 0 Å². The number of nitrogens with zero attached hydrogens (tertiary/aromatic N) is 1. The van der Waals surface area contributed by atoms with Crippen LogP contribution in [-0.4, -0.2) is 0 Å². The molecule has 0 radical (unpaired) electrons. The first-order valence-electron chi connectivity index (χ1n) is 10.7. The van der Waals surface area contributed by atoms with Crippen molar-refractivity contribution in [1.82, 2.24) is 0 Å². The van der Waals surface area contributed by atoms with Crippen LogP contribution in [0, 0.1) is 46.8 Å². The highest BCUT2D eigenvalue weighted by Gasteiger charge is 2.34. The van der Waals surface area contributed by atoms with Gasteiger partial charge in [-0.25, -0.2) is 0 Å². The molecular weight excluding hydrogens is 278 g/mol. The van der Waals surface area contributed by atoms with Crippen molar-refractivity contribution in [1.29, 1.82) is 5.26 Å². The third kappa shape index (κ3) is 4.52. The van der Waals surface area contributed by atoms with Crippen molar-refractivity contribution < 1.29 is 0 Å². The van der Waals surface area contributed by atoms with Gasteiger partial charge in [0.1, 0.15) is 0 Å². The Labute approximate surface area is 144 Å². The van der Waals surface area contributed by atoms with Gasteiger partial charge >= 0.3 is 0 Å². The Hall–Kier alpha value is -0.510. The number of nitriles is 1. The summed E-state index contributed by atoms with van der Waals surface area (Å²) in [6, 6.07) is 2.49. The molecule has 1 heteroatoms. The molecule has 0 bridgehead atoms. The van der Waals surface area contributed by atoms with Gasteiger partial charge in [0.2, 0.25) is 0 Å². The summed E-state index contributed by atoms with van der Waals surface area (Å²) in [6.45, 7) is 2.34. The normalized spacial score (nSPS) is 42.1. The molecule has 3 aliphatic carbocycles. The lowest BCUT2D eigenvalue weighted by atomic mass is 9.65. The Morgan fingerprint density at radius 1 is 0.652 bits per heavy atom. The maximum absolute atomic E-state index is 9.07. The Morgan fingerprint density at radius 2 is 1.04 bits per heavy atom. The van der Waals surface area contributed by atoms with E-state index in [-0.39, 0.29) is 0 Å². The summed E-state index contributed by atoms with van der Waals surface area (Å²) in [5.41, 5.74) is 0. The number of hydrogen-bond donors (Lipinski definition) is 0. The van der Waals surface area contributed by atoms with E-state index in [1.165, 1.54) is 89.9 Å². The van der Waals surface area contributed by atoms with Crippen molar-refractivity contribution in [2.75, 3.05) is 0 Å². The third-order valence-electron chi connectivity index (χ3n) is 7.69. The maximum Gasteiger partial charge on any atom is 0.0655 e. The Kier molecular flexibility index (Phi) is 6.44. The molecule has 0 heterocycles. The van der Waals surface area contributed by atoms with Gasteiger partial charge in [-0.05, 0) is 93.8 Å². The SMILES string of the molecule is CCC[C@H]1CC[C@H]([C@H]2CC[C@H]([C@H]3CC[C@@H](C#N)CC3)CC2)CC1. The predicted octanol–water partition coefficient (Wildman–Crippen LogP) is 6.73. The van der Waals surface area contributed by atoms with Crippen LogP contribution >= 0.6 is 0 Å². The van der Waals surface area contributed by atoms with E-state index in [0.717, 1.165) is 29.6 Å². The smallest absolute Gasteiger partial charge is 0.0655 e. The molecule has 0 aromatic carbocycles. The second-order valence-corrected chi connectivity index (χ2v) is 8.99. The zero-order valence-electron chi connectivity index (χ0n) is 15.3. The largest absolute Gasteiger partial charge is 0.198 e. The van der Waals surface area contributed by atoms with Gasteiger partial charge in [0, 0.05) is 5.92 Å². The highest BCUT2D eigenvalue weighted by atomic mass is 14.4. The quantitative estimate of drug-likeness (QED) is 0.564. The van der Waals surface area contributed by atoms with Crippen molar-refractivity contribution in [3.05, 3.63) is 0 Å². The lowest BCUT2D eigenvalue weighted by Crippen LogP contribution is -2.29. The molecule has 23 heavy (non-hydrogen) atoms. The molecular formula is C22H37N. The second kappa shape index (κ2) is 8.55. The first kappa shape index (κ1) is 17.3. The van der Waals surface area contributed by atoms with E-state index in [1.54, 1.807) is 0 Å². The zero-order valence-corrected chi connectivity index (χ0v) is 15.3. The molecule has 0 aromatic heterocycles. The van der Waals surface area contributed by atoms with Gasteiger partial charge in [-0.15, -0.1) is 0 Å². The first-order valence-corrected chi connectivity index (χ1v) is 10.7. The lowest BCUT2D eigenvalue weighted by Gasteiger charge is -2.41. The van der Waals surface area contributed by atoms with Gasteiger partial charge in [0.15, 0.2) is 0 Å². The van der Waals surface area contributed by atoms with Crippen molar-refractivity contribution in [2.24, 2.45) is 35.5 Å². The van der Waals surface area contributed by atoms with Crippen LogP contribution in [0.1, 0.15) is 96.8 Å². The Balaban J connectivity index is 1.38. The fraction of sp³-hybridized carbons (Fsp3) is 0.955. The van der Waals surface area contributed by atoms with E-state index in [0.29, 0.717) is 5.92 Å². The second-order valence-electron chi connectivity index (χ2n) is 8.99. The summed E-state index contributed by atoms with van der Waals surface area (Å²) in [6.07, 6.45) is 20.1. The topological polar surface area (TPSA) is 23.8 Å². The minimum Gasteiger partial charge on any atom is -0.198 e. The molecule has 0 atom stereocenters. The number of hydrogen-bond acceptors (Lipinski definition) is 1. The Bertz CT molecular complexity index is 371. The van der Waals surface area contributed by atoms with Gasteiger partial charge in [-0.2, -0.15) is 5.26 Å². The van der Waals surface area contributed by atoms with Gasteiger partial charge in [0.05, 0.1) is 6.07 Å². The summed E-state index contributed by atoms with van der Waals surface area (Å²) in [5, 5.41) is 9.07. The van der Waals surface area contributed by atoms with Gasteiger partial charge in [0.25, 0.3) is 0 Å². The zero-order chi connectivity index (χ0) is 16.1. The summed E-state index contributed by atoms with van der Waals surface area (Å²) < 4.78 is 0. The van der Waals surface area contributed by atoms with E-state index in [4.69, 9.17) is 5.26 Å². The van der Waals surface area contributed by atoms with E-state index in [2.05, 4.69) is 13.0 Å². The fourth-order valence-corrected chi connectivity index (χ4v) is 6.16. The van der Waals surface area contributed by atoms with Gasteiger partial charge in [-0.3, -0.25) is 0 Å². The van der Waals surface area contributed by atoms with E-state index in [1.807, 2.05) is 0 Å². The lowest BCUT2D eigenvalue weighted by molar-refractivity contribution is 0.107. The van der Waals surface area contributed by atoms with E-state index < -0.39 is 0 Å². The summed E-state index contributed by atoms with van der Waals surface area (Å²) >= 11 is 0. The van der Waals surface area contributed by atoms with Crippen molar-refractivity contribution in [3.63, 3.8) is 0 Å². The monoisotopic (exact) mass is 315 g/mol. The van der Waals surface area contributed by atoms with Crippen LogP contribution in [0.25, 0.3) is 0 Å². The molecule has 0 aromatic rings. The van der Waals surface area contributed by atoms with Crippen molar-refractivity contribution >= 4 is 0 Å². The molecule has 130 valence electrons. The molecule has 0 spiro atoms. The molecule has 3 aliphatic rings. The van der Waals surface area contributed by atoms with Crippen LogP contribution < -0.4 is 0 Å². The highest BCUT2D eigenvalue weighted by molar-refractivity contribution is 4.90. The molecule has 0 amide bonds. The Morgan fingerprint density at radius 3 is 1.43 bits per heavy atom. The predicted molar refractivity (Wildman–Crippen MR) is 96.9 cm³/mol. The van der Waals surface area contributed by atoms with Crippen molar-refractivity contribution in [2.45, 2.75) is 96.8 Å². The molecule has 0 unspecified atom stereocenters. The van der Waals surface area contributed by atoms with Crippen LogP contribution in [0.4, 0.5) is 0 Å². The van der Waals surface area contributed by atoms with Gasteiger partial charge < -0.3 is 0 Å². The van der Waals surface area contributed by atoms with Crippen LogP contribution in [0.15, 0.2) is 0 Å². The van der Waals surface area contributed by atoms with Crippen LogP contribution in [0.3, 0.4) is 0 Å². The first-order chi connectivity index (χ1) is 11.3. The summed E-state index contributed by atoms with van der Waals surface area (Å²) in [7, 11) is 0. The average molecular weight is 316 g/mol. The van der Waals surface area contributed by atoms with Crippen molar-refractivity contribution in [3.8, 4) is 6.07 Å². The maximum atomic E-state index is 9.07. The summed E-state index contributed by atoms with van der Waals surface area (Å²) in [4.78, 5) is 0. The van der Waals surface area contributed by atoms with E-state index in [9.17, 15) is 0 Å². The minimum atomic E-state index is 0.376. The minimum absolute atomic E-state index is 0.376. The molecule has 1 nitrogen and oxygen atoms in total.